The molecule has 0 unspecified atom stereocenters. The van der Waals surface area contributed by atoms with Crippen LogP contribution in [0.3, 0.4) is 0 Å². The average molecular weight is 430 g/mol. The third kappa shape index (κ3) is 6.56. The lowest BCUT2D eigenvalue weighted by Gasteiger charge is -2.10. The maximum absolute atomic E-state index is 12.4. The average Bonchev–Trinajstić information content (AvgIpc) is 2.77. The molecule has 0 aliphatic carbocycles. The molecule has 2 heterocycles. The van der Waals surface area contributed by atoms with Crippen molar-refractivity contribution in [1.29, 1.82) is 0 Å². The van der Waals surface area contributed by atoms with Crippen molar-refractivity contribution >= 4 is 10.9 Å². The Balaban J connectivity index is 1.51. The van der Waals surface area contributed by atoms with Crippen LogP contribution in [0.1, 0.15) is 5.56 Å². The number of hydrogen-bond acceptors (Lipinski definition) is 9. The first-order valence-corrected chi connectivity index (χ1v) is 10.0. The van der Waals surface area contributed by atoms with Gasteiger partial charge in [0.2, 0.25) is 11.8 Å². The normalized spacial score (nSPS) is 11.2. The van der Waals surface area contributed by atoms with E-state index in [1.807, 2.05) is 19.1 Å². The highest BCUT2D eigenvalue weighted by molar-refractivity contribution is 5.82. The Morgan fingerprint density at radius 1 is 0.935 bits per heavy atom. The van der Waals surface area contributed by atoms with Gasteiger partial charge in [-0.25, -0.2) is 14.8 Å². The van der Waals surface area contributed by atoms with E-state index in [0.29, 0.717) is 62.0 Å². The number of aliphatic hydroxyl groups excluding tert-OH is 1. The van der Waals surface area contributed by atoms with Gasteiger partial charge in [-0.15, -0.1) is 0 Å². The third-order valence-electron chi connectivity index (χ3n) is 4.31. The van der Waals surface area contributed by atoms with Gasteiger partial charge < -0.3 is 28.5 Å². The van der Waals surface area contributed by atoms with Gasteiger partial charge in [0.15, 0.2) is 0 Å². The third-order valence-corrected chi connectivity index (χ3v) is 4.31. The van der Waals surface area contributed by atoms with Crippen molar-refractivity contribution in [3.8, 4) is 17.3 Å². The highest BCUT2D eigenvalue weighted by Crippen LogP contribution is 2.27. The van der Waals surface area contributed by atoms with Crippen LogP contribution >= 0.6 is 0 Å². The molecule has 0 saturated heterocycles. The minimum Gasteiger partial charge on any atom is -0.475 e. The topological polar surface area (TPSA) is 113 Å². The summed E-state index contributed by atoms with van der Waals surface area (Å²) in [5, 5.41) is 9.06. The minimum atomic E-state index is -0.446. The first-order valence-electron chi connectivity index (χ1n) is 10.0. The van der Waals surface area contributed by atoms with Gasteiger partial charge in [0.1, 0.15) is 6.61 Å². The van der Waals surface area contributed by atoms with Crippen LogP contribution in [-0.4, -0.2) is 67.9 Å². The van der Waals surface area contributed by atoms with E-state index < -0.39 is 5.63 Å². The van der Waals surface area contributed by atoms with Gasteiger partial charge in [-0.2, -0.15) is 0 Å². The molecule has 0 radical (unpaired) electrons. The molecule has 0 spiro atoms. The van der Waals surface area contributed by atoms with Gasteiger partial charge in [0, 0.05) is 6.20 Å². The number of pyridine rings is 1. The number of aromatic nitrogens is 2. The van der Waals surface area contributed by atoms with Crippen LogP contribution in [0, 0.1) is 6.92 Å². The van der Waals surface area contributed by atoms with Crippen molar-refractivity contribution in [2.24, 2.45) is 0 Å². The Morgan fingerprint density at radius 2 is 1.65 bits per heavy atom. The smallest absolute Gasteiger partial charge is 0.347 e. The zero-order valence-electron chi connectivity index (χ0n) is 17.4. The number of nitrogens with zero attached hydrogens (tertiary/aromatic N) is 2. The number of rotatable bonds is 13. The molecule has 0 saturated carbocycles. The van der Waals surface area contributed by atoms with Crippen LogP contribution in [0.15, 0.2) is 45.7 Å². The molecule has 0 atom stereocenters. The lowest BCUT2D eigenvalue weighted by atomic mass is 10.1. The number of aliphatic hydroxyl groups is 1. The largest absolute Gasteiger partial charge is 0.475 e. The molecule has 1 aromatic carbocycles. The van der Waals surface area contributed by atoms with E-state index in [4.69, 9.17) is 28.5 Å². The maximum Gasteiger partial charge on any atom is 0.347 e. The summed E-state index contributed by atoms with van der Waals surface area (Å²) in [5.41, 5.74) is 1.42. The number of benzene rings is 1. The Kier molecular flexibility index (Phi) is 8.92. The van der Waals surface area contributed by atoms with Crippen LogP contribution in [0.4, 0.5) is 0 Å². The van der Waals surface area contributed by atoms with E-state index in [0.717, 1.165) is 5.56 Å². The van der Waals surface area contributed by atoms with Crippen molar-refractivity contribution < 1.29 is 28.5 Å². The molecule has 3 rings (SSSR count). The molecule has 0 bridgehead atoms. The molecule has 31 heavy (non-hydrogen) atoms. The highest BCUT2D eigenvalue weighted by Gasteiger charge is 2.15. The summed E-state index contributed by atoms with van der Waals surface area (Å²) in [6, 6.07) is 8.92. The molecule has 0 amide bonds. The van der Waals surface area contributed by atoms with Crippen molar-refractivity contribution in [1.82, 2.24) is 9.97 Å². The first kappa shape index (κ1) is 22.8. The molecule has 9 heteroatoms. The second-order valence-corrected chi connectivity index (χ2v) is 6.54. The van der Waals surface area contributed by atoms with Gasteiger partial charge in [-0.1, -0.05) is 12.1 Å². The lowest BCUT2D eigenvalue weighted by Crippen LogP contribution is -2.14. The molecule has 0 fully saturated rings. The van der Waals surface area contributed by atoms with Crippen LogP contribution in [0.5, 0.6) is 5.88 Å². The van der Waals surface area contributed by atoms with Gasteiger partial charge >= 0.3 is 5.63 Å². The van der Waals surface area contributed by atoms with Crippen LogP contribution in [0.2, 0.25) is 0 Å². The van der Waals surface area contributed by atoms with E-state index in [9.17, 15) is 4.79 Å². The summed E-state index contributed by atoms with van der Waals surface area (Å²) in [6.45, 7) is 4.49. The lowest BCUT2D eigenvalue weighted by molar-refractivity contribution is 0.00344. The Hall–Kier alpha value is -2.85. The van der Waals surface area contributed by atoms with Crippen molar-refractivity contribution in [3.63, 3.8) is 0 Å². The Morgan fingerprint density at radius 3 is 2.39 bits per heavy atom. The molecule has 0 aliphatic heterocycles. The van der Waals surface area contributed by atoms with E-state index in [-0.39, 0.29) is 19.1 Å². The van der Waals surface area contributed by atoms with E-state index in [2.05, 4.69) is 9.97 Å². The SMILES string of the molecule is Cc1cccc2nc(-c3cccnc3OCCOCCOCCOCCO)oc(=O)c12. The van der Waals surface area contributed by atoms with Gasteiger partial charge in [0.25, 0.3) is 0 Å². The molecule has 2 aromatic heterocycles. The fraction of sp³-hybridized carbons (Fsp3) is 0.409. The maximum atomic E-state index is 12.4. The molecule has 0 aliphatic rings. The van der Waals surface area contributed by atoms with Crippen molar-refractivity contribution in [3.05, 3.63) is 52.5 Å². The summed E-state index contributed by atoms with van der Waals surface area (Å²) in [4.78, 5) is 21.1. The number of hydrogen-bond donors (Lipinski definition) is 1. The van der Waals surface area contributed by atoms with Gasteiger partial charge in [0.05, 0.1) is 62.7 Å². The summed E-state index contributed by atoms with van der Waals surface area (Å²) >= 11 is 0. The Labute approximate surface area is 179 Å². The molecular weight excluding hydrogens is 404 g/mol. The highest BCUT2D eigenvalue weighted by atomic mass is 16.6. The van der Waals surface area contributed by atoms with Gasteiger partial charge in [-0.05, 0) is 30.7 Å². The van der Waals surface area contributed by atoms with E-state index in [1.54, 1.807) is 24.4 Å². The summed E-state index contributed by atoms with van der Waals surface area (Å²) in [6.07, 6.45) is 1.59. The quantitative estimate of drug-likeness (QED) is 0.407. The first-order chi connectivity index (χ1) is 15.2. The van der Waals surface area contributed by atoms with E-state index in [1.165, 1.54) is 0 Å². The molecule has 3 aromatic rings. The van der Waals surface area contributed by atoms with Crippen molar-refractivity contribution in [2.45, 2.75) is 6.92 Å². The second-order valence-electron chi connectivity index (χ2n) is 6.54. The van der Waals surface area contributed by atoms with Crippen LogP contribution in [0.25, 0.3) is 22.4 Å². The number of fused-ring (bicyclic) bond motifs is 1. The zero-order valence-corrected chi connectivity index (χ0v) is 17.4. The van der Waals surface area contributed by atoms with Crippen molar-refractivity contribution in [2.75, 3.05) is 52.9 Å². The summed E-state index contributed by atoms with van der Waals surface area (Å²) in [5.74, 6) is 0.468. The Bertz CT molecular complexity index is 1020. The van der Waals surface area contributed by atoms with E-state index >= 15 is 0 Å². The standard InChI is InChI=1S/C22H26N2O7/c1-16-4-2-6-18-19(16)22(26)31-21(24-18)17-5-3-7-23-20(17)30-15-14-29-13-12-28-11-10-27-9-8-25/h2-7,25H,8-15H2,1H3. The molecular formula is C22H26N2O7. The molecule has 166 valence electrons. The zero-order chi connectivity index (χ0) is 21.9. The summed E-state index contributed by atoms with van der Waals surface area (Å²) < 4.78 is 27.1. The fourth-order valence-corrected chi connectivity index (χ4v) is 2.87. The van der Waals surface area contributed by atoms with Crippen LogP contribution in [-0.2, 0) is 14.2 Å². The minimum absolute atomic E-state index is 0.00381. The van der Waals surface area contributed by atoms with Crippen LogP contribution < -0.4 is 10.4 Å². The predicted molar refractivity (Wildman–Crippen MR) is 113 cm³/mol. The summed E-state index contributed by atoms with van der Waals surface area (Å²) in [7, 11) is 0. The second kappa shape index (κ2) is 12.1. The number of ether oxygens (including phenoxy) is 4. The monoisotopic (exact) mass is 430 g/mol. The fourth-order valence-electron chi connectivity index (χ4n) is 2.87. The predicted octanol–water partition coefficient (Wildman–Crippen LogP) is 1.98. The number of aryl methyl sites for hydroxylation is 1. The van der Waals surface area contributed by atoms with Gasteiger partial charge in [-0.3, -0.25) is 0 Å². The molecule has 9 nitrogen and oxygen atoms in total. The molecule has 1 N–H and O–H groups in total.